The molecule has 1 fully saturated rings. The molecule has 0 aromatic carbocycles. The van der Waals surface area contributed by atoms with Crippen LogP contribution in [0.15, 0.2) is 0 Å². The Morgan fingerprint density at radius 3 is 2.35 bits per heavy atom. The summed E-state index contributed by atoms with van der Waals surface area (Å²) in [7, 11) is 1.63. The van der Waals surface area contributed by atoms with Gasteiger partial charge >= 0.3 is 5.97 Å². The highest BCUT2D eigenvalue weighted by Crippen LogP contribution is 2.28. The van der Waals surface area contributed by atoms with E-state index < -0.39 is 5.97 Å². The third kappa shape index (κ3) is 6.34. The minimum atomic E-state index is -0.739. The van der Waals surface area contributed by atoms with Gasteiger partial charge in [-0.15, -0.1) is 0 Å². The van der Waals surface area contributed by atoms with Crippen LogP contribution < -0.4 is 5.32 Å². The molecule has 0 saturated heterocycles. The van der Waals surface area contributed by atoms with Crippen molar-refractivity contribution in [1.29, 1.82) is 0 Å². The van der Waals surface area contributed by atoms with Gasteiger partial charge in [0, 0.05) is 26.2 Å². The van der Waals surface area contributed by atoms with Gasteiger partial charge < -0.3 is 19.9 Å². The zero-order valence-corrected chi connectivity index (χ0v) is 12.1. The molecule has 1 saturated carbocycles. The van der Waals surface area contributed by atoms with Crippen LogP contribution in [-0.4, -0.2) is 50.5 Å². The average Bonchev–Trinajstić information content (AvgIpc) is 2.46. The molecule has 1 aliphatic carbocycles. The molecule has 1 aliphatic rings. The quantitative estimate of drug-likeness (QED) is 0.619. The Morgan fingerprint density at radius 1 is 1.10 bits per heavy atom. The predicted octanol–water partition coefficient (Wildman–Crippen LogP) is 1.05. The van der Waals surface area contributed by atoms with E-state index in [-0.39, 0.29) is 17.7 Å². The highest BCUT2D eigenvalue weighted by atomic mass is 16.5. The Balaban J connectivity index is 2.04. The number of carboxylic acid groups (broad SMARTS) is 1. The van der Waals surface area contributed by atoms with Gasteiger partial charge in [0.2, 0.25) is 5.91 Å². The number of nitrogens with one attached hydrogen (secondary N) is 1. The van der Waals surface area contributed by atoms with E-state index in [4.69, 9.17) is 14.6 Å². The summed E-state index contributed by atoms with van der Waals surface area (Å²) in [6, 6.07) is 0. The fraction of sp³-hybridized carbons (Fsp3) is 0.857. The lowest BCUT2D eigenvalue weighted by Gasteiger charge is -2.25. The molecule has 0 atom stereocenters. The van der Waals surface area contributed by atoms with Crippen molar-refractivity contribution in [3.8, 4) is 0 Å². The van der Waals surface area contributed by atoms with Crippen molar-refractivity contribution in [3.63, 3.8) is 0 Å². The second-order valence-corrected chi connectivity index (χ2v) is 5.14. The van der Waals surface area contributed by atoms with Crippen molar-refractivity contribution < 1.29 is 24.2 Å². The first kappa shape index (κ1) is 16.9. The van der Waals surface area contributed by atoms with Crippen molar-refractivity contribution in [2.45, 2.75) is 32.1 Å². The van der Waals surface area contributed by atoms with Crippen molar-refractivity contribution in [1.82, 2.24) is 5.32 Å². The molecular weight excluding hydrogens is 262 g/mol. The van der Waals surface area contributed by atoms with E-state index in [0.717, 1.165) is 6.42 Å². The van der Waals surface area contributed by atoms with Crippen LogP contribution in [0.25, 0.3) is 0 Å². The number of aliphatic carboxylic acids is 1. The first-order valence-electron chi connectivity index (χ1n) is 7.22. The van der Waals surface area contributed by atoms with Crippen LogP contribution in [0.5, 0.6) is 0 Å². The fourth-order valence-corrected chi connectivity index (χ4v) is 2.38. The van der Waals surface area contributed by atoms with Gasteiger partial charge in [-0.2, -0.15) is 0 Å². The Morgan fingerprint density at radius 2 is 1.75 bits per heavy atom. The Hall–Kier alpha value is -1.14. The summed E-state index contributed by atoms with van der Waals surface area (Å²) in [4.78, 5) is 22.7. The Labute approximate surface area is 119 Å². The second kappa shape index (κ2) is 9.72. The first-order valence-corrected chi connectivity index (χ1v) is 7.22. The molecule has 0 aliphatic heterocycles. The Bertz CT molecular complexity index is 300. The zero-order chi connectivity index (χ0) is 14.8. The molecule has 6 heteroatoms. The Kier molecular flexibility index (Phi) is 8.22. The normalized spacial score (nSPS) is 22.4. The number of carboxylic acids is 1. The SMILES string of the molecule is COCCOCCCNC(=O)C1CCC(C(=O)O)CC1. The van der Waals surface area contributed by atoms with E-state index in [2.05, 4.69) is 5.32 Å². The van der Waals surface area contributed by atoms with E-state index in [0.29, 0.717) is 52.0 Å². The monoisotopic (exact) mass is 287 g/mol. The van der Waals surface area contributed by atoms with Gasteiger partial charge in [0.1, 0.15) is 0 Å². The second-order valence-electron chi connectivity index (χ2n) is 5.14. The molecule has 116 valence electrons. The zero-order valence-electron chi connectivity index (χ0n) is 12.1. The first-order chi connectivity index (χ1) is 9.65. The van der Waals surface area contributed by atoms with Gasteiger partial charge in [-0.25, -0.2) is 0 Å². The minimum Gasteiger partial charge on any atom is -0.481 e. The highest BCUT2D eigenvalue weighted by molar-refractivity contribution is 5.79. The third-order valence-electron chi connectivity index (χ3n) is 3.64. The maximum absolute atomic E-state index is 11.9. The van der Waals surface area contributed by atoms with Crippen LogP contribution in [0.3, 0.4) is 0 Å². The van der Waals surface area contributed by atoms with Gasteiger partial charge in [-0.1, -0.05) is 0 Å². The summed E-state index contributed by atoms with van der Waals surface area (Å²) in [5.41, 5.74) is 0. The van der Waals surface area contributed by atoms with Gasteiger partial charge in [-0.05, 0) is 32.1 Å². The molecule has 2 N–H and O–H groups in total. The lowest BCUT2D eigenvalue weighted by atomic mass is 9.81. The van der Waals surface area contributed by atoms with Gasteiger partial charge in [0.05, 0.1) is 19.1 Å². The fourth-order valence-electron chi connectivity index (χ4n) is 2.38. The summed E-state index contributed by atoms with van der Waals surface area (Å²) in [5.74, 6) is -0.990. The number of ether oxygens (including phenoxy) is 2. The smallest absolute Gasteiger partial charge is 0.306 e. The summed E-state index contributed by atoms with van der Waals surface area (Å²) < 4.78 is 10.2. The van der Waals surface area contributed by atoms with E-state index in [1.807, 2.05) is 0 Å². The van der Waals surface area contributed by atoms with Crippen LogP contribution in [0.1, 0.15) is 32.1 Å². The van der Waals surface area contributed by atoms with Crippen LogP contribution in [0.2, 0.25) is 0 Å². The van der Waals surface area contributed by atoms with Crippen molar-refractivity contribution in [2.24, 2.45) is 11.8 Å². The number of amides is 1. The van der Waals surface area contributed by atoms with Crippen LogP contribution in [-0.2, 0) is 19.1 Å². The average molecular weight is 287 g/mol. The maximum Gasteiger partial charge on any atom is 0.306 e. The third-order valence-corrected chi connectivity index (χ3v) is 3.64. The van der Waals surface area contributed by atoms with Crippen molar-refractivity contribution in [2.75, 3.05) is 33.5 Å². The molecule has 0 aromatic heterocycles. The van der Waals surface area contributed by atoms with Gasteiger partial charge in [0.15, 0.2) is 0 Å². The maximum atomic E-state index is 11.9. The van der Waals surface area contributed by atoms with Crippen LogP contribution in [0.4, 0.5) is 0 Å². The molecular formula is C14H25NO5. The van der Waals surface area contributed by atoms with E-state index in [1.54, 1.807) is 7.11 Å². The van der Waals surface area contributed by atoms with Crippen molar-refractivity contribution >= 4 is 11.9 Å². The lowest BCUT2D eigenvalue weighted by Crippen LogP contribution is -2.35. The topological polar surface area (TPSA) is 84.9 Å². The number of hydrogen-bond donors (Lipinski definition) is 2. The number of hydrogen-bond acceptors (Lipinski definition) is 4. The molecule has 1 amide bonds. The molecule has 20 heavy (non-hydrogen) atoms. The standard InChI is InChI=1S/C14H25NO5/c1-19-9-10-20-8-2-7-15-13(16)11-3-5-12(6-4-11)14(17)18/h11-12H,2-10H2,1H3,(H,15,16)(H,17,18). The van der Waals surface area contributed by atoms with E-state index in [9.17, 15) is 9.59 Å². The molecule has 6 nitrogen and oxygen atoms in total. The molecule has 0 unspecified atom stereocenters. The predicted molar refractivity (Wildman–Crippen MR) is 73.4 cm³/mol. The van der Waals surface area contributed by atoms with Gasteiger partial charge in [0.25, 0.3) is 0 Å². The minimum absolute atomic E-state index is 0.0278. The number of carbonyl (C=O) groups excluding carboxylic acids is 1. The lowest BCUT2D eigenvalue weighted by molar-refractivity contribution is -0.144. The van der Waals surface area contributed by atoms with Gasteiger partial charge in [-0.3, -0.25) is 9.59 Å². The molecule has 0 radical (unpaired) electrons. The summed E-state index contributed by atoms with van der Waals surface area (Å²) in [6.07, 6.45) is 3.33. The van der Waals surface area contributed by atoms with Crippen LogP contribution in [0, 0.1) is 11.8 Å². The van der Waals surface area contributed by atoms with Crippen molar-refractivity contribution in [3.05, 3.63) is 0 Å². The van der Waals surface area contributed by atoms with Crippen LogP contribution >= 0.6 is 0 Å². The highest BCUT2D eigenvalue weighted by Gasteiger charge is 2.29. The summed E-state index contributed by atoms with van der Waals surface area (Å²) >= 11 is 0. The number of rotatable bonds is 9. The molecule has 0 heterocycles. The molecule has 0 aromatic rings. The van der Waals surface area contributed by atoms with E-state index in [1.165, 1.54) is 0 Å². The largest absolute Gasteiger partial charge is 0.481 e. The molecule has 0 bridgehead atoms. The molecule has 1 rings (SSSR count). The number of carbonyl (C=O) groups is 2. The summed E-state index contributed by atoms with van der Waals surface area (Å²) in [6.45, 7) is 2.36. The molecule has 0 spiro atoms. The number of methoxy groups -OCH3 is 1. The van der Waals surface area contributed by atoms with E-state index >= 15 is 0 Å². The summed E-state index contributed by atoms with van der Waals surface area (Å²) in [5, 5.41) is 11.8.